The Balaban J connectivity index is 1.68. The van der Waals surface area contributed by atoms with Crippen LogP contribution in [0.3, 0.4) is 0 Å². The van der Waals surface area contributed by atoms with Crippen LogP contribution in [0.5, 0.6) is 0 Å². The molecule has 1 aromatic heterocycles. The minimum absolute atomic E-state index is 0.0572. The number of amides is 1. The molecule has 1 aromatic carbocycles. The molecule has 1 aliphatic heterocycles. The summed E-state index contributed by atoms with van der Waals surface area (Å²) in [6.07, 6.45) is 2.69. The van der Waals surface area contributed by atoms with E-state index < -0.39 is 0 Å². The smallest absolute Gasteiger partial charge is 0.226 e. The van der Waals surface area contributed by atoms with Gasteiger partial charge in [0.1, 0.15) is 0 Å². The van der Waals surface area contributed by atoms with E-state index in [0.717, 1.165) is 17.7 Å². The van der Waals surface area contributed by atoms with Crippen LogP contribution in [-0.4, -0.2) is 28.9 Å². The molecule has 0 spiro atoms. The Labute approximate surface area is 136 Å². The molecule has 23 heavy (non-hydrogen) atoms. The predicted octanol–water partition coefficient (Wildman–Crippen LogP) is 2.17. The maximum Gasteiger partial charge on any atom is 0.226 e. The fraction of sp³-hybridized carbons (Fsp3) is 0.444. The molecule has 5 heteroatoms. The summed E-state index contributed by atoms with van der Waals surface area (Å²) >= 11 is 0. The zero-order valence-electron chi connectivity index (χ0n) is 13.7. The van der Waals surface area contributed by atoms with Gasteiger partial charge in [-0.05, 0) is 24.8 Å². The lowest BCUT2D eigenvalue weighted by molar-refractivity contribution is -0.130. The molecule has 1 aliphatic rings. The Morgan fingerprint density at radius 3 is 2.87 bits per heavy atom. The Morgan fingerprint density at radius 1 is 1.39 bits per heavy atom. The number of aryl methyl sites for hydroxylation is 1. The van der Waals surface area contributed by atoms with Crippen LogP contribution in [0.2, 0.25) is 0 Å². The maximum atomic E-state index is 12.7. The van der Waals surface area contributed by atoms with Gasteiger partial charge in [-0.25, -0.2) is 0 Å². The summed E-state index contributed by atoms with van der Waals surface area (Å²) in [6, 6.07) is 10.3. The molecule has 1 amide bonds. The van der Waals surface area contributed by atoms with E-state index in [1.165, 1.54) is 5.56 Å². The summed E-state index contributed by atoms with van der Waals surface area (Å²) < 4.78 is 7.37. The largest absolute Gasteiger partial charge is 0.381 e. The molecule has 0 aliphatic carbocycles. The van der Waals surface area contributed by atoms with Crippen molar-refractivity contribution < 1.29 is 9.53 Å². The van der Waals surface area contributed by atoms with Gasteiger partial charge in [0.25, 0.3) is 0 Å². The number of aromatic nitrogens is 2. The van der Waals surface area contributed by atoms with E-state index in [1.54, 1.807) is 0 Å². The van der Waals surface area contributed by atoms with E-state index in [2.05, 4.69) is 22.5 Å². The van der Waals surface area contributed by atoms with Crippen molar-refractivity contribution in [3.05, 3.63) is 53.3 Å². The molecule has 3 rings (SSSR count). The number of hydrogen-bond donors (Lipinski definition) is 1. The Hall–Kier alpha value is -2.14. The molecule has 0 saturated carbocycles. The number of nitrogens with zero attached hydrogens (tertiary/aromatic N) is 2. The number of carbonyl (C=O) groups is 1. The van der Waals surface area contributed by atoms with Crippen LogP contribution < -0.4 is 5.32 Å². The molecule has 0 unspecified atom stereocenters. The van der Waals surface area contributed by atoms with Crippen LogP contribution in [0.15, 0.2) is 36.5 Å². The van der Waals surface area contributed by atoms with Crippen LogP contribution in [0.1, 0.15) is 29.2 Å². The lowest BCUT2D eigenvalue weighted by atomic mass is 9.82. The highest BCUT2D eigenvalue weighted by molar-refractivity contribution is 5.80. The Bertz CT molecular complexity index is 666. The van der Waals surface area contributed by atoms with E-state index in [4.69, 9.17) is 4.74 Å². The average Bonchev–Trinajstić information content (AvgIpc) is 2.92. The zero-order chi connectivity index (χ0) is 16.2. The van der Waals surface area contributed by atoms with E-state index >= 15 is 0 Å². The number of hydrogen-bond acceptors (Lipinski definition) is 3. The lowest BCUT2D eigenvalue weighted by Gasteiger charge is -2.31. The second kappa shape index (κ2) is 6.96. The molecule has 2 atom stereocenters. The van der Waals surface area contributed by atoms with Gasteiger partial charge in [0.05, 0.1) is 18.7 Å². The Kier molecular flexibility index (Phi) is 4.76. The first-order valence-corrected chi connectivity index (χ1v) is 8.04. The van der Waals surface area contributed by atoms with Crippen molar-refractivity contribution in [3.8, 4) is 0 Å². The van der Waals surface area contributed by atoms with Crippen molar-refractivity contribution in [3.63, 3.8) is 0 Å². The molecular formula is C18H23N3O2. The van der Waals surface area contributed by atoms with Crippen LogP contribution in [0.4, 0.5) is 0 Å². The van der Waals surface area contributed by atoms with E-state index in [9.17, 15) is 4.79 Å². The van der Waals surface area contributed by atoms with Crippen molar-refractivity contribution in [2.24, 2.45) is 13.0 Å². The molecule has 1 N–H and O–H groups in total. The van der Waals surface area contributed by atoms with Gasteiger partial charge in [0.15, 0.2) is 0 Å². The second-order valence-electron chi connectivity index (χ2n) is 6.08. The SMILES string of the molecule is Cc1c(CNC(=O)[C@@H]2COCC[C@@H]2c2ccccc2)cnn1C. The maximum absolute atomic E-state index is 12.7. The summed E-state index contributed by atoms with van der Waals surface area (Å²) in [5.41, 5.74) is 3.34. The summed E-state index contributed by atoms with van der Waals surface area (Å²) in [7, 11) is 1.90. The fourth-order valence-corrected chi connectivity index (χ4v) is 3.13. The summed E-state index contributed by atoms with van der Waals surface area (Å²) in [5, 5.41) is 7.26. The van der Waals surface area contributed by atoms with Crippen molar-refractivity contribution in [2.75, 3.05) is 13.2 Å². The quantitative estimate of drug-likeness (QED) is 0.941. The molecule has 1 fully saturated rings. The predicted molar refractivity (Wildman–Crippen MR) is 87.9 cm³/mol. The van der Waals surface area contributed by atoms with E-state index in [-0.39, 0.29) is 17.7 Å². The van der Waals surface area contributed by atoms with Gasteiger partial charge in [-0.15, -0.1) is 0 Å². The third-order valence-corrected chi connectivity index (χ3v) is 4.71. The van der Waals surface area contributed by atoms with Gasteiger partial charge >= 0.3 is 0 Å². The molecule has 2 aromatic rings. The molecule has 5 nitrogen and oxygen atoms in total. The van der Waals surface area contributed by atoms with Gasteiger partial charge in [-0.3, -0.25) is 9.48 Å². The van der Waals surface area contributed by atoms with Gasteiger partial charge < -0.3 is 10.1 Å². The fourth-order valence-electron chi connectivity index (χ4n) is 3.13. The molecule has 0 radical (unpaired) electrons. The van der Waals surface area contributed by atoms with Crippen molar-refractivity contribution in [2.45, 2.75) is 25.8 Å². The van der Waals surface area contributed by atoms with Gasteiger partial charge in [-0.1, -0.05) is 30.3 Å². The summed E-state index contributed by atoms with van der Waals surface area (Å²) in [4.78, 5) is 12.7. The highest BCUT2D eigenvalue weighted by atomic mass is 16.5. The third kappa shape index (κ3) is 3.45. The number of nitrogens with one attached hydrogen (secondary N) is 1. The van der Waals surface area contributed by atoms with Crippen LogP contribution in [-0.2, 0) is 23.1 Å². The first kappa shape index (κ1) is 15.7. The lowest BCUT2D eigenvalue weighted by Crippen LogP contribution is -2.39. The number of benzene rings is 1. The van der Waals surface area contributed by atoms with Crippen LogP contribution in [0.25, 0.3) is 0 Å². The average molecular weight is 313 g/mol. The highest BCUT2D eigenvalue weighted by Crippen LogP contribution is 2.32. The zero-order valence-corrected chi connectivity index (χ0v) is 13.7. The summed E-state index contributed by atoms with van der Waals surface area (Å²) in [5.74, 6) is 0.143. The molecular weight excluding hydrogens is 290 g/mol. The minimum atomic E-state index is -0.136. The van der Waals surface area contributed by atoms with Gasteiger partial charge in [0.2, 0.25) is 5.91 Å². The van der Waals surface area contributed by atoms with Crippen molar-refractivity contribution in [1.29, 1.82) is 0 Å². The standard InChI is InChI=1S/C18H23N3O2/c1-13-15(11-20-21(13)2)10-19-18(22)17-12-23-9-8-16(17)14-6-4-3-5-7-14/h3-7,11,16-17H,8-10,12H2,1-2H3,(H,19,22)/t16-,17-/m1/s1. The summed E-state index contributed by atoms with van der Waals surface area (Å²) in [6.45, 7) is 3.71. The first-order valence-electron chi connectivity index (χ1n) is 8.04. The van der Waals surface area contributed by atoms with E-state index in [1.807, 2.05) is 43.0 Å². The second-order valence-corrected chi connectivity index (χ2v) is 6.08. The van der Waals surface area contributed by atoms with E-state index in [0.29, 0.717) is 19.8 Å². The topological polar surface area (TPSA) is 56.1 Å². The molecule has 2 heterocycles. The molecule has 0 bridgehead atoms. The van der Waals surface area contributed by atoms with Gasteiger partial charge in [-0.2, -0.15) is 5.10 Å². The monoisotopic (exact) mass is 313 g/mol. The minimum Gasteiger partial charge on any atom is -0.381 e. The Morgan fingerprint density at radius 2 is 2.17 bits per heavy atom. The normalized spacial score (nSPS) is 21.1. The number of rotatable bonds is 4. The number of carbonyl (C=O) groups excluding carboxylic acids is 1. The van der Waals surface area contributed by atoms with Crippen molar-refractivity contribution >= 4 is 5.91 Å². The first-order chi connectivity index (χ1) is 11.2. The molecule has 122 valence electrons. The van der Waals surface area contributed by atoms with Crippen LogP contribution >= 0.6 is 0 Å². The number of ether oxygens (including phenoxy) is 1. The van der Waals surface area contributed by atoms with Gasteiger partial charge in [0, 0.05) is 31.5 Å². The van der Waals surface area contributed by atoms with Crippen molar-refractivity contribution in [1.82, 2.24) is 15.1 Å². The van der Waals surface area contributed by atoms with Crippen LogP contribution in [0, 0.1) is 12.8 Å². The molecule has 1 saturated heterocycles. The highest BCUT2D eigenvalue weighted by Gasteiger charge is 2.32. The third-order valence-electron chi connectivity index (χ3n) is 4.71.